The lowest BCUT2D eigenvalue weighted by atomic mass is 10.1. The second kappa shape index (κ2) is 11.7. The Kier molecular flexibility index (Phi) is 8.71. The predicted octanol–water partition coefficient (Wildman–Crippen LogP) is 4.31. The summed E-state index contributed by atoms with van der Waals surface area (Å²) in [6.07, 6.45) is 7.66. The zero-order chi connectivity index (χ0) is 23.1. The van der Waals surface area contributed by atoms with Gasteiger partial charge in [0.15, 0.2) is 5.78 Å². The third kappa shape index (κ3) is 6.31. The van der Waals surface area contributed by atoms with E-state index in [0.717, 1.165) is 38.8 Å². The molecule has 0 saturated carbocycles. The van der Waals surface area contributed by atoms with Crippen LogP contribution in [0.1, 0.15) is 66.2 Å². The Bertz CT molecular complexity index is 994. The number of piperidine rings is 1. The van der Waals surface area contributed by atoms with Crippen LogP contribution in [0.5, 0.6) is 0 Å². The molecule has 1 aromatic carbocycles. The minimum absolute atomic E-state index is 0.0773. The first kappa shape index (κ1) is 24.5. The lowest BCUT2D eigenvalue weighted by molar-refractivity contribution is 0.0984. The molecule has 1 N–H and O–H groups in total. The van der Waals surface area contributed by atoms with Gasteiger partial charge in [-0.2, -0.15) is 4.31 Å². The first-order chi connectivity index (χ1) is 16.1. The molecule has 0 bridgehead atoms. The first-order valence-corrected chi connectivity index (χ1v) is 14.5. The Morgan fingerprint density at radius 1 is 0.939 bits per heavy atom. The van der Waals surface area contributed by atoms with Gasteiger partial charge < -0.3 is 5.32 Å². The number of rotatable bonds is 9. The van der Waals surface area contributed by atoms with Crippen LogP contribution in [0.25, 0.3) is 0 Å². The summed E-state index contributed by atoms with van der Waals surface area (Å²) in [5.74, 6) is -0.0773. The molecule has 3 heterocycles. The van der Waals surface area contributed by atoms with Gasteiger partial charge in [-0.05, 0) is 62.4 Å². The summed E-state index contributed by atoms with van der Waals surface area (Å²) in [5.41, 5.74) is 0.448. The molecule has 2 fully saturated rings. The zero-order valence-corrected chi connectivity index (χ0v) is 20.9. The van der Waals surface area contributed by atoms with Gasteiger partial charge in [-0.3, -0.25) is 9.69 Å². The molecule has 2 aliphatic heterocycles. The third-order valence-electron chi connectivity index (χ3n) is 6.69. The van der Waals surface area contributed by atoms with Gasteiger partial charge in [0, 0.05) is 30.1 Å². The van der Waals surface area contributed by atoms with E-state index in [9.17, 15) is 13.2 Å². The van der Waals surface area contributed by atoms with Crippen molar-refractivity contribution in [1.82, 2.24) is 14.5 Å². The van der Waals surface area contributed by atoms with Crippen LogP contribution >= 0.6 is 11.3 Å². The van der Waals surface area contributed by atoms with E-state index in [0.29, 0.717) is 25.2 Å². The van der Waals surface area contributed by atoms with Crippen LogP contribution in [0, 0.1) is 0 Å². The highest BCUT2D eigenvalue weighted by molar-refractivity contribution is 7.89. The number of thiophene rings is 1. The van der Waals surface area contributed by atoms with Crippen molar-refractivity contribution in [3.8, 4) is 0 Å². The molecule has 8 heteroatoms. The van der Waals surface area contributed by atoms with Crippen molar-refractivity contribution in [2.75, 3.05) is 39.3 Å². The Labute approximate surface area is 202 Å². The number of carbonyl (C=O) groups is 1. The van der Waals surface area contributed by atoms with Gasteiger partial charge in [0.25, 0.3) is 0 Å². The third-order valence-corrected chi connectivity index (χ3v) is 9.55. The summed E-state index contributed by atoms with van der Waals surface area (Å²) >= 11 is 1.76. The zero-order valence-electron chi connectivity index (χ0n) is 19.2. The SMILES string of the molecule is O=C(CNCC(c1cccs1)N1CCCCC1)c1cccc(S(=O)(=O)N2CCCCCC2)c1. The number of benzene rings is 1. The molecule has 33 heavy (non-hydrogen) atoms. The van der Waals surface area contributed by atoms with Crippen molar-refractivity contribution in [2.24, 2.45) is 0 Å². The minimum Gasteiger partial charge on any atom is -0.308 e. The van der Waals surface area contributed by atoms with Gasteiger partial charge in [0.05, 0.1) is 17.5 Å². The van der Waals surface area contributed by atoms with Crippen LogP contribution < -0.4 is 5.32 Å². The maximum absolute atomic E-state index is 13.1. The molecule has 0 amide bonds. The summed E-state index contributed by atoms with van der Waals surface area (Å²) in [4.78, 5) is 17.0. The predicted molar refractivity (Wildman–Crippen MR) is 133 cm³/mol. The van der Waals surface area contributed by atoms with E-state index in [4.69, 9.17) is 0 Å². The molecule has 4 rings (SSSR count). The maximum atomic E-state index is 13.1. The first-order valence-electron chi connectivity index (χ1n) is 12.2. The van der Waals surface area contributed by atoms with Crippen LogP contribution in [-0.4, -0.2) is 62.7 Å². The topological polar surface area (TPSA) is 69.7 Å². The van der Waals surface area contributed by atoms with Gasteiger partial charge in [-0.1, -0.05) is 37.5 Å². The number of hydrogen-bond donors (Lipinski definition) is 1. The van der Waals surface area contributed by atoms with E-state index in [2.05, 4.69) is 27.7 Å². The molecule has 2 aromatic rings. The lowest BCUT2D eigenvalue weighted by Gasteiger charge is -2.34. The molecule has 6 nitrogen and oxygen atoms in total. The summed E-state index contributed by atoms with van der Waals surface area (Å²) in [7, 11) is -3.56. The highest BCUT2D eigenvalue weighted by Gasteiger charge is 2.26. The molecule has 2 aliphatic rings. The number of nitrogens with zero attached hydrogens (tertiary/aromatic N) is 2. The molecule has 0 spiro atoms. The number of sulfonamides is 1. The number of hydrogen-bond acceptors (Lipinski definition) is 6. The van der Waals surface area contributed by atoms with E-state index in [1.165, 1.54) is 24.1 Å². The fraction of sp³-hybridized carbons (Fsp3) is 0.560. The minimum atomic E-state index is -3.56. The maximum Gasteiger partial charge on any atom is 0.243 e. The summed E-state index contributed by atoms with van der Waals surface area (Å²) in [5, 5.41) is 5.46. The van der Waals surface area contributed by atoms with Crippen molar-refractivity contribution in [3.05, 3.63) is 52.2 Å². The highest BCUT2D eigenvalue weighted by atomic mass is 32.2. The second-order valence-electron chi connectivity index (χ2n) is 9.03. The van der Waals surface area contributed by atoms with E-state index < -0.39 is 10.0 Å². The number of nitrogens with one attached hydrogen (secondary N) is 1. The number of ketones is 1. The highest BCUT2D eigenvalue weighted by Crippen LogP contribution is 2.27. The van der Waals surface area contributed by atoms with E-state index in [-0.39, 0.29) is 23.3 Å². The molecular weight excluding hydrogens is 454 g/mol. The molecule has 1 aromatic heterocycles. The van der Waals surface area contributed by atoms with Crippen LogP contribution in [0.3, 0.4) is 0 Å². The van der Waals surface area contributed by atoms with Crippen molar-refractivity contribution >= 4 is 27.1 Å². The molecule has 180 valence electrons. The molecule has 2 saturated heterocycles. The largest absolute Gasteiger partial charge is 0.308 e. The van der Waals surface area contributed by atoms with Crippen LogP contribution in [0.15, 0.2) is 46.7 Å². The molecule has 0 radical (unpaired) electrons. The molecular formula is C25H35N3O3S2. The fourth-order valence-electron chi connectivity index (χ4n) is 4.81. The van der Waals surface area contributed by atoms with Gasteiger partial charge in [-0.25, -0.2) is 8.42 Å². The summed E-state index contributed by atoms with van der Waals surface area (Å²) in [6, 6.07) is 11.1. The summed E-state index contributed by atoms with van der Waals surface area (Å²) < 4.78 is 27.8. The van der Waals surface area contributed by atoms with Gasteiger partial charge in [-0.15, -0.1) is 11.3 Å². The normalized spacial score (nSPS) is 19.8. The van der Waals surface area contributed by atoms with Crippen LogP contribution in [-0.2, 0) is 10.0 Å². The number of likely N-dealkylation sites (tertiary alicyclic amines) is 1. The fourth-order valence-corrected chi connectivity index (χ4v) is 7.23. The standard InChI is InChI=1S/C25H35N3O3S2/c29-24(20-26-19-23(25-12-9-17-32-25)27-13-4-3-5-14-27)21-10-8-11-22(18-21)33(30,31)28-15-6-1-2-7-16-28/h8-12,17-18,23,26H,1-7,13-16,19-20H2. The van der Waals surface area contributed by atoms with Crippen molar-refractivity contribution in [2.45, 2.75) is 55.9 Å². The monoisotopic (exact) mass is 489 g/mol. The van der Waals surface area contributed by atoms with E-state index >= 15 is 0 Å². The Balaban J connectivity index is 1.39. The summed E-state index contributed by atoms with van der Waals surface area (Å²) in [6.45, 7) is 4.20. The molecule has 0 aliphatic carbocycles. The quantitative estimate of drug-likeness (QED) is 0.532. The van der Waals surface area contributed by atoms with Crippen LogP contribution in [0.2, 0.25) is 0 Å². The van der Waals surface area contributed by atoms with Crippen molar-refractivity contribution in [3.63, 3.8) is 0 Å². The van der Waals surface area contributed by atoms with Crippen molar-refractivity contribution in [1.29, 1.82) is 0 Å². The number of Topliss-reactive ketones (excluding diaryl/α,β-unsaturated/α-hetero) is 1. The average molecular weight is 490 g/mol. The Morgan fingerprint density at radius 2 is 1.64 bits per heavy atom. The van der Waals surface area contributed by atoms with Crippen LogP contribution in [0.4, 0.5) is 0 Å². The van der Waals surface area contributed by atoms with E-state index in [1.807, 2.05) is 0 Å². The van der Waals surface area contributed by atoms with E-state index in [1.54, 1.807) is 39.9 Å². The second-order valence-corrected chi connectivity index (χ2v) is 11.9. The van der Waals surface area contributed by atoms with Gasteiger partial charge in [0.1, 0.15) is 0 Å². The molecule has 1 unspecified atom stereocenters. The van der Waals surface area contributed by atoms with Gasteiger partial charge >= 0.3 is 0 Å². The van der Waals surface area contributed by atoms with Crippen molar-refractivity contribution < 1.29 is 13.2 Å². The van der Waals surface area contributed by atoms with Gasteiger partial charge in [0.2, 0.25) is 10.0 Å². The molecule has 1 atom stereocenters. The lowest BCUT2D eigenvalue weighted by Crippen LogP contribution is -2.39. The Hall–Kier alpha value is -1.58. The number of carbonyl (C=O) groups excluding carboxylic acids is 1. The Morgan fingerprint density at radius 3 is 2.33 bits per heavy atom. The smallest absolute Gasteiger partial charge is 0.243 e. The average Bonchev–Trinajstić information content (AvgIpc) is 3.23.